The minimum atomic E-state index is -1.05. The van der Waals surface area contributed by atoms with Gasteiger partial charge in [-0.05, 0) is 74.4 Å². The molecule has 1 saturated carbocycles. The van der Waals surface area contributed by atoms with Crippen molar-refractivity contribution in [2.24, 2.45) is 5.92 Å². The van der Waals surface area contributed by atoms with E-state index in [4.69, 9.17) is 4.74 Å². The van der Waals surface area contributed by atoms with Gasteiger partial charge in [-0.25, -0.2) is 0 Å². The summed E-state index contributed by atoms with van der Waals surface area (Å²) in [5, 5.41) is 11.0. The predicted octanol–water partition coefficient (Wildman–Crippen LogP) is 4.91. The average Bonchev–Trinajstić information content (AvgIpc) is 3.07. The monoisotopic (exact) mass is 642 g/mol. The van der Waals surface area contributed by atoms with E-state index in [1.54, 1.807) is 50.2 Å². The molecule has 2 aliphatic carbocycles. The number of hydrogen-bond acceptors (Lipinski definition) is 6. The van der Waals surface area contributed by atoms with Crippen LogP contribution in [0.4, 0.5) is 0 Å². The molecule has 0 aromatic heterocycles. The highest BCUT2D eigenvalue weighted by Gasteiger charge is 2.33. The molecule has 0 heterocycles. The molecule has 47 heavy (non-hydrogen) atoms. The van der Waals surface area contributed by atoms with Crippen LogP contribution in [0.25, 0.3) is 0 Å². The SMILES string of the molecule is CC(NC(=O)C(CC1=CCCC=C1)NC(=O)c1cccc(Oc2ccccc2)c1)C(=O)NC(C(=O)C(=O)NC1CCCCC1)C(C)C. The fourth-order valence-corrected chi connectivity index (χ4v) is 5.67. The maximum absolute atomic E-state index is 13.6. The molecule has 2 aliphatic rings. The van der Waals surface area contributed by atoms with E-state index in [-0.39, 0.29) is 18.4 Å². The van der Waals surface area contributed by atoms with Crippen molar-refractivity contribution in [3.8, 4) is 11.5 Å². The van der Waals surface area contributed by atoms with Crippen molar-refractivity contribution in [2.75, 3.05) is 0 Å². The Morgan fingerprint density at radius 3 is 2.21 bits per heavy atom. The minimum absolute atomic E-state index is 0.0398. The Morgan fingerprint density at radius 2 is 1.53 bits per heavy atom. The van der Waals surface area contributed by atoms with Crippen LogP contribution in [0.15, 0.2) is 78.4 Å². The fraction of sp³-hybridized carbons (Fsp3) is 0.432. The first-order valence-corrected chi connectivity index (χ1v) is 16.6. The van der Waals surface area contributed by atoms with Crippen molar-refractivity contribution in [3.05, 3.63) is 84.0 Å². The number of carbonyl (C=O) groups is 5. The maximum atomic E-state index is 13.6. The molecular weight excluding hydrogens is 596 g/mol. The number of ketones is 1. The third-order valence-electron chi connectivity index (χ3n) is 8.37. The summed E-state index contributed by atoms with van der Waals surface area (Å²) in [6.07, 6.45) is 12.7. The Balaban J connectivity index is 1.41. The Labute approximate surface area is 276 Å². The quantitative estimate of drug-likeness (QED) is 0.216. The molecule has 10 nitrogen and oxygen atoms in total. The standard InChI is InChI=1S/C37H46N4O6/c1-24(2)32(33(42)37(46)39-28-17-9-5-10-18-28)41-34(43)25(3)38-36(45)31(22-26-14-7-4-8-15-26)40-35(44)27-16-13-21-30(23-27)47-29-19-11-6-12-20-29/h6-7,11-16,19-21,23-25,28,31-32H,4-5,8-10,17-18,22H2,1-3H3,(H,38,45)(H,39,46)(H,40,44)(H,41,43). The number of nitrogens with one attached hydrogen (secondary N) is 4. The van der Waals surface area contributed by atoms with Crippen LogP contribution in [0.3, 0.4) is 0 Å². The summed E-state index contributed by atoms with van der Waals surface area (Å²) < 4.78 is 5.87. The highest BCUT2D eigenvalue weighted by molar-refractivity contribution is 6.38. The van der Waals surface area contributed by atoms with E-state index in [2.05, 4.69) is 21.3 Å². The molecule has 2 aromatic rings. The first-order valence-electron chi connectivity index (χ1n) is 16.6. The lowest BCUT2D eigenvalue weighted by molar-refractivity contribution is -0.141. The molecule has 0 saturated heterocycles. The van der Waals surface area contributed by atoms with Gasteiger partial charge in [0.2, 0.25) is 17.6 Å². The minimum Gasteiger partial charge on any atom is -0.457 e. The molecule has 0 bridgehead atoms. The van der Waals surface area contributed by atoms with Crippen molar-refractivity contribution in [1.29, 1.82) is 0 Å². The highest BCUT2D eigenvalue weighted by atomic mass is 16.5. The number of hydrogen-bond donors (Lipinski definition) is 4. The van der Waals surface area contributed by atoms with Crippen LogP contribution in [0.5, 0.6) is 11.5 Å². The molecule has 10 heteroatoms. The lowest BCUT2D eigenvalue weighted by Crippen LogP contribution is -2.57. The van der Waals surface area contributed by atoms with E-state index in [9.17, 15) is 24.0 Å². The largest absolute Gasteiger partial charge is 0.457 e. The van der Waals surface area contributed by atoms with Gasteiger partial charge in [0.25, 0.3) is 11.8 Å². The molecule has 4 rings (SSSR count). The van der Waals surface area contributed by atoms with Crippen molar-refractivity contribution in [1.82, 2.24) is 21.3 Å². The van der Waals surface area contributed by atoms with Crippen LogP contribution in [0.1, 0.15) is 82.5 Å². The van der Waals surface area contributed by atoms with E-state index in [0.717, 1.165) is 50.5 Å². The van der Waals surface area contributed by atoms with E-state index >= 15 is 0 Å². The van der Waals surface area contributed by atoms with Crippen LogP contribution >= 0.6 is 0 Å². The maximum Gasteiger partial charge on any atom is 0.289 e. The first kappa shape index (κ1) is 35.1. The molecule has 3 atom stereocenters. The molecule has 250 valence electrons. The molecule has 1 fully saturated rings. The summed E-state index contributed by atoms with van der Waals surface area (Å²) in [4.78, 5) is 66.0. The zero-order valence-corrected chi connectivity index (χ0v) is 27.4. The average molecular weight is 643 g/mol. The lowest BCUT2D eigenvalue weighted by Gasteiger charge is -2.26. The number of ether oxygens (including phenoxy) is 1. The second kappa shape index (κ2) is 17.3. The van der Waals surface area contributed by atoms with Gasteiger partial charge < -0.3 is 26.0 Å². The Hall–Kier alpha value is -4.73. The Bertz CT molecular complexity index is 1480. The number of allylic oxidation sites excluding steroid dienone is 3. The third kappa shape index (κ3) is 10.7. The number of Topliss-reactive ketones (excluding diaryl/α,β-unsaturated/α-hetero) is 1. The zero-order chi connectivity index (χ0) is 33.8. The predicted molar refractivity (Wildman–Crippen MR) is 180 cm³/mol. The molecular formula is C37H46N4O6. The molecule has 4 N–H and O–H groups in total. The Kier molecular flexibility index (Phi) is 12.9. The van der Waals surface area contributed by atoms with Gasteiger partial charge >= 0.3 is 0 Å². The second-order valence-electron chi connectivity index (χ2n) is 12.6. The highest BCUT2D eigenvalue weighted by Crippen LogP contribution is 2.23. The molecule has 2 aromatic carbocycles. The normalized spacial score (nSPS) is 16.6. The van der Waals surface area contributed by atoms with Crippen LogP contribution in [0.2, 0.25) is 0 Å². The number of rotatable bonds is 14. The molecule has 4 amide bonds. The first-order chi connectivity index (χ1) is 22.6. The summed E-state index contributed by atoms with van der Waals surface area (Å²) in [7, 11) is 0. The summed E-state index contributed by atoms with van der Waals surface area (Å²) in [6.45, 7) is 4.99. The smallest absolute Gasteiger partial charge is 0.289 e. The van der Waals surface area contributed by atoms with Crippen molar-refractivity contribution in [2.45, 2.75) is 96.3 Å². The van der Waals surface area contributed by atoms with Gasteiger partial charge in [-0.15, -0.1) is 0 Å². The molecule has 0 aliphatic heterocycles. The van der Waals surface area contributed by atoms with Crippen molar-refractivity contribution >= 4 is 29.4 Å². The topological polar surface area (TPSA) is 143 Å². The van der Waals surface area contributed by atoms with E-state index < -0.39 is 47.5 Å². The summed E-state index contributed by atoms with van der Waals surface area (Å²) in [5.74, 6) is -2.32. The second-order valence-corrected chi connectivity index (χ2v) is 12.6. The van der Waals surface area contributed by atoms with Gasteiger partial charge in [0, 0.05) is 18.0 Å². The third-order valence-corrected chi connectivity index (χ3v) is 8.37. The summed E-state index contributed by atoms with van der Waals surface area (Å²) >= 11 is 0. The van der Waals surface area contributed by atoms with Crippen molar-refractivity contribution in [3.63, 3.8) is 0 Å². The number of benzene rings is 2. The van der Waals surface area contributed by atoms with Gasteiger partial charge in [-0.3, -0.25) is 24.0 Å². The van der Waals surface area contributed by atoms with Crippen LogP contribution in [-0.2, 0) is 19.2 Å². The van der Waals surface area contributed by atoms with Crippen LogP contribution < -0.4 is 26.0 Å². The molecule has 0 radical (unpaired) electrons. The van der Waals surface area contributed by atoms with Gasteiger partial charge in [0.1, 0.15) is 23.6 Å². The van der Waals surface area contributed by atoms with Crippen molar-refractivity contribution < 1.29 is 28.7 Å². The van der Waals surface area contributed by atoms with Gasteiger partial charge in [-0.1, -0.05) is 75.6 Å². The molecule has 3 unspecified atom stereocenters. The van der Waals surface area contributed by atoms with Crippen LogP contribution in [-0.4, -0.2) is 53.6 Å². The Morgan fingerprint density at radius 1 is 0.809 bits per heavy atom. The fourth-order valence-electron chi connectivity index (χ4n) is 5.67. The number of para-hydroxylation sites is 1. The summed E-state index contributed by atoms with van der Waals surface area (Å²) in [5.41, 5.74) is 1.20. The van der Waals surface area contributed by atoms with E-state index in [1.807, 2.05) is 36.4 Å². The van der Waals surface area contributed by atoms with E-state index in [0.29, 0.717) is 17.1 Å². The molecule has 0 spiro atoms. The summed E-state index contributed by atoms with van der Waals surface area (Å²) in [6, 6.07) is 12.7. The lowest BCUT2D eigenvalue weighted by atomic mass is 9.94. The number of carbonyl (C=O) groups excluding carboxylic acids is 5. The van der Waals surface area contributed by atoms with Crippen LogP contribution in [0, 0.1) is 5.92 Å². The zero-order valence-electron chi connectivity index (χ0n) is 27.4. The van der Waals surface area contributed by atoms with Gasteiger partial charge in [0.05, 0.1) is 6.04 Å². The van der Waals surface area contributed by atoms with Gasteiger partial charge in [0.15, 0.2) is 0 Å². The van der Waals surface area contributed by atoms with E-state index in [1.165, 1.54) is 6.92 Å². The number of amides is 4. The van der Waals surface area contributed by atoms with Gasteiger partial charge in [-0.2, -0.15) is 0 Å².